The average molecular weight is 469 g/mol. The number of hydrogen-bond acceptors (Lipinski definition) is 0. The van der Waals surface area contributed by atoms with Gasteiger partial charge in [0.05, 0.1) is 11.0 Å². The van der Waals surface area contributed by atoms with Crippen LogP contribution in [0.25, 0.3) is 60.2 Å². The maximum atomic E-state index is 6.21. The molecule has 1 aliphatic carbocycles. The highest BCUT2D eigenvalue weighted by Gasteiger charge is 2.35. The summed E-state index contributed by atoms with van der Waals surface area (Å²) in [6.45, 7) is 4.63. The van der Waals surface area contributed by atoms with Gasteiger partial charge in [-0.1, -0.05) is 110 Å². The molecule has 6 aromatic carbocycles. The Balaban J connectivity index is 1.54. The molecule has 7 aromatic rings. The summed E-state index contributed by atoms with van der Waals surface area (Å²) in [5.41, 5.74) is 9.65. The van der Waals surface area contributed by atoms with E-state index < -0.39 is 0 Å². The molecule has 2 radical (unpaired) electrons. The summed E-state index contributed by atoms with van der Waals surface area (Å²) in [6, 6.07) is 39.8. The lowest BCUT2D eigenvalue weighted by Gasteiger charge is -2.23. The minimum Gasteiger partial charge on any atom is -0.309 e. The molecule has 0 bridgehead atoms. The molecule has 1 aromatic heterocycles. The molecule has 0 N–H and O–H groups in total. The molecule has 2 heteroatoms. The van der Waals surface area contributed by atoms with Gasteiger partial charge in [0.15, 0.2) is 0 Å². The highest BCUT2D eigenvalue weighted by Crippen LogP contribution is 2.49. The third kappa shape index (κ3) is 2.65. The van der Waals surface area contributed by atoms with Gasteiger partial charge < -0.3 is 4.57 Å². The Bertz CT molecular complexity index is 2080. The van der Waals surface area contributed by atoms with Gasteiger partial charge in [0, 0.05) is 27.3 Å². The van der Waals surface area contributed by atoms with E-state index in [2.05, 4.69) is 122 Å². The Kier molecular flexibility index (Phi) is 4.02. The summed E-state index contributed by atoms with van der Waals surface area (Å²) in [7, 11) is 6.21. The lowest BCUT2D eigenvalue weighted by atomic mass is 9.80. The first-order chi connectivity index (χ1) is 18.0. The molecule has 0 fully saturated rings. The van der Waals surface area contributed by atoms with Crippen molar-refractivity contribution in [2.45, 2.75) is 19.3 Å². The zero-order valence-electron chi connectivity index (χ0n) is 20.9. The van der Waals surface area contributed by atoms with Crippen LogP contribution in [0.15, 0.2) is 109 Å². The summed E-state index contributed by atoms with van der Waals surface area (Å²) in [5.74, 6) is 0. The fourth-order valence-electron chi connectivity index (χ4n) is 6.78. The number of aromatic nitrogens is 1. The first-order valence-corrected chi connectivity index (χ1v) is 12.9. The van der Waals surface area contributed by atoms with Gasteiger partial charge in [-0.15, -0.1) is 0 Å². The zero-order chi connectivity index (χ0) is 24.9. The third-order valence-corrected chi connectivity index (χ3v) is 8.49. The van der Waals surface area contributed by atoms with Gasteiger partial charge >= 0.3 is 0 Å². The molecular weight excluding hydrogens is 445 g/mol. The monoisotopic (exact) mass is 469 g/mol. The molecule has 0 atom stereocenters. The molecule has 1 heterocycles. The highest BCUT2D eigenvalue weighted by molar-refractivity contribution is 6.33. The van der Waals surface area contributed by atoms with Gasteiger partial charge in [-0.2, -0.15) is 0 Å². The van der Waals surface area contributed by atoms with Gasteiger partial charge in [0.2, 0.25) is 0 Å². The number of rotatable bonds is 1. The second-order valence-electron chi connectivity index (χ2n) is 10.8. The standard InChI is InChI=1S/C35H24BN/c1-35(2)30-19-21(36)15-17-25(30)26-18-16-22(20-31(26)35)37-32-14-8-7-13-29(32)33-27-11-5-3-9-23(27)24-10-4-6-12-28(24)34(33)37/h3-20H,1-2H3. The molecule has 0 saturated carbocycles. The molecule has 172 valence electrons. The fourth-order valence-corrected chi connectivity index (χ4v) is 6.78. The lowest BCUT2D eigenvalue weighted by Crippen LogP contribution is -2.17. The van der Waals surface area contributed by atoms with Crippen molar-refractivity contribution in [1.82, 2.24) is 4.57 Å². The first kappa shape index (κ1) is 20.9. The van der Waals surface area contributed by atoms with Gasteiger partial charge in [-0.05, 0) is 56.6 Å². The smallest absolute Gasteiger partial charge is 0.113 e. The molecule has 1 aliphatic rings. The van der Waals surface area contributed by atoms with Gasteiger partial charge in [0.25, 0.3) is 0 Å². The van der Waals surface area contributed by atoms with Crippen LogP contribution in [0.4, 0.5) is 0 Å². The molecule has 1 nitrogen and oxygen atoms in total. The number of benzene rings is 6. The van der Waals surface area contributed by atoms with Crippen molar-refractivity contribution >= 4 is 56.7 Å². The van der Waals surface area contributed by atoms with Crippen molar-refractivity contribution in [2.24, 2.45) is 0 Å². The van der Waals surface area contributed by atoms with E-state index in [1.807, 2.05) is 6.07 Å². The van der Waals surface area contributed by atoms with E-state index in [1.165, 1.54) is 71.3 Å². The van der Waals surface area contributed by atoms with Crippen LogP contribution in [0.3, 0.4) is 0 Å². The largest absolute Gasteiger partial charge is 0.309 e. The van der Waals surface area contributed by atoms with E-state index in [0.29, 0.717) is 0 Å². The Morgan fingerprint density at radius 1 is 0.568 bits per heavy atom. The Hall–Kier alpha value is -4.30. The van der Waals surface area contributed by atoms with Crippen molar-refractivity contribution < 1.29 is 0 Å². The molecule has 37 heavy (non-hydrogen) atoms. The van der Waals surface area contributed by atoms with E-state index in [0.717, 1.165) is 5.46 Å². The quantitative estimate of drug-likeness (QED) is 0.169. The van der Waals surface area contributed by atoms with Crippen molar-refractivity contribution in [3.8, 4) is 16.8 Å². The summed E-state index contributed by atoms with van der Waals surface area (Å²) < 4.78 is 2.48. The maximum absolute atomic E-state index is 6.21. The molecule has 0 unspecified atom stereocenters. The second-order valence-corrected chi connectivity index (χ2v) is 10.8. The minimum atomic E-state index is -0.121. The number of nitrogens with zero attached hydrogens (tertiary/aromatic N) is 1. The normalized spacial score (nSPS) is 14.0. The summed E-state index contributed by atoms with van der Waals surface area (Å²) >= 11 is 0. The Morgan fingerprint density at radius 2 is 1.14 bits per heavy atom. The maximum Gasteiger partial charge on any atom is 0.113 e. The van der Waals surface area contributed by atoms with Gasteiger partial charge in [-0.25, -0.2) is 0 Å². The molecule has 8 rings (SSSR count). The van der Waals surface area contributed by atoms with E-state index >= 15 is 0 Å². The van der Waals surface area contributed by atoms with Crippen molar-refractivity contribution in [3.63, 3.8) is 0 Å². The van der Waals surface area contributed by atoms with Crippen molar-refractivity contribution in [1.29, 1.82) is 0 Å². The van der Waals surface area contributed by atoms with Crippen LogP contribution in [-0.2, 0) is 5.41 Å². The number of para-hydroxylation sites is 1. The first-order valence-electron chi connectivity index (χ1n) is 12.9. The second kappa shape index (κ2) is 7.14. The van der Waals surface area contributed by atoms with Gasteiger partial charge in [-0.3, -0.25) is 0 Å². The van der Waals surface area contributed by atoms with Crippen LogP contribution in [-0.4, -0.2) is 12.4 Å². The SMILES string of the molecule is [B]c1ccc2c(c1)C(C)(C)c1cc(-n3c4ccccc4c4c5ccccc5c5ccccc5c43)ccc1-2. The summed E-state index contributed by atoms with van der Waals surface area (Å²) in [5, 5.41) is 7.78. The van der Waals surface area contributed by atoms with Crippen LogP contribution in [0, 0.1) is 0 Å². The van der Waals surface area contributed by atoms with Gasteiger partial charge in [0.1, 0.15) is 7.85 Å². The summed E-state index contributed by atoms with van der Waals surface area (Å²) in [6.07, 6.45) is 0. The fraction of sp³-hybridized carbons (Fsp3) is 0.0857. The molecule has 0 amide bonds. The molecule has 0 aliphatic heterocycles. The zero-order valence-corrected chi connectivity index (χ0v) is 20.9. The van der Waals surface area contributed by atoms with Crippen molar-refractivity contribution in [2.75, 3.05) is 0 Å². The highest BCUT2D eigenvalue weighted by atomic mass is 15.0. The van der Waals surface area contributed by atoms with E-state index in [4.69, 9.17) is 7.85 Å². The van der Waals surface area contributed by atoms with Crippen LogP contribution < -0.4 is 5.46 Å². The average Bonchev–Trinajstić information content (AvgIpc) is 3.39. The van der Waals surface area contributed by atoms with E-state index in [-0.39, 0.29) is 5.41 Å². The lowest BCUT2D eigenvalue weighted by molar-refractivity contribution is 0.660. The van der Waals surface area contributed by atoms with Crippen molar-refractivity contribution in [3.05, 3.63) is 120 Å². The predicted molar refractivity (Wildman–Crippen MR) is 159 cm³/mol. The van der Waals surface area contributed by atoms with Crippen LogP contribution in [0.1, 0.15) is 25.0 Å². The molecular formula is C35H24BN. The number of fused-ring (bicyclic) bond motifs is 11. The van der Waals surface area contributed by atoms with Crippen LogP contribution >= 0.6 is 0 Å². The predicted octanol–water partition coefficient (Wildman–Crippen LogP) is 8.19. The Morgan fingerprint density at radius 3 is 1.89 bits per heavy atom. The van der Waals surface area contributed by atoms with Crippen LogP contribution in [0.5, 0.6) is 0 Å². The van der Waals surface area contributed by atoms with E-state index in [9.17, 15) is 0 Å². The third-order valence-electron chi connectivity index (χ3n) is 8.49. The Labute approximate surface area is 217 Å². The number of hydrogen-bond donors (Lipinski definition) is 0. The van der Waals surface area contributed by atoms with E-state index in [1.54, 1.807) is 0 Å². The summed E-state index contributed by atoms with van der Waals surface area (Å²) in [4.78, 5) is 0. The topological polar surface area (TPSA) is 4.93 Å². The molecule has 0 spiro atoms. The minimum absolute atomic E-state index is 0.121. The molecule has 0 saturated heterocycles. The van der Waals surface area contributed by atoms with Crippen LogP contribution in [0.2, 0.25) is 0 Å².